The van der Waals surface area contributed by atoms with Gasteiger partial charge in [0.2, 0.25) is 0 Å². The normalized spacial score (nSPS) is 15.2. The van der Waals surface area contributed by atoms with Crippen molar-refractivity contribution in [3.05, 3.63) is 60.5 Å². The molecule has 0 aliphatic carbocycles. The van der Waals surface area contributed by atoms with E-state index in [1.165, 1.54) is 4.90 Å². The summed E-state index contributed by atoms with van der Waals surface area (Å²) in [6, 6.07) is 11.3. The topological polar surface area (TPSA) is 55.8 Å². The minimum absolute atomic E-state index is 0.231. The summed E-state index contributed by atoms with van der Waals surface area (Å²) in [6.07, 6.45) is 2.63. The van der Waals surface area contributed by atoms with E-state index in [1.54, 1.807) is 6.08 Å². The molecule has 1 saturated heterocycles. The van der Waals surface area contributed by atoms with Crippen molar-refractivity contribution in [2.24, 2.45) is 0 Å². The highest BCUT2D eigenvalue weighted by Gasteiger charge is 2.35. The number of halogens is 2. The van der Waals surface area contributed by atoms with E-state index < -0.39 is 0 Å². The van der Waals surface area contributed by atoms with E-state index in [4.69, 9.17) is 9.47 Å². The molecule has 8 heteroatoms. The van der Waals surface area contributed by atoms with Crippen LogP contribution in [0.25, 0.3) is 6.08 Å². The largest absolute Gasteiger partial charge is 0.490 e. The molecule has 1 aliphatic rings. The zero-order valence-corrected chi connectivity index (χ0v) is 21.2. The lowest BCUT2D eigenvalue weighted by atomic mass is 10.1. The summed E-state index contributed by atoms with van der Waals surface area (Å²) < 4.78 is 13.3. The first-order chi connectivity index (χ1) is 14.4. The van der Waals surface area contributed by atoms with Crippen molar-refractivity contribution in [2.45, 2.75) is 26.8 Å². The lowest BCUT2D eigenvalue weighted by molar-refractivity contribution is -0.123. The van der Waals surface area contributed by atoms with Crippen LogP contribution in [0.5, 0.6) is 11.5 Å². The van der Waals surface area contributed by atoms with E-state index in [2.05, 4.69) is 38.5 Å². The Labute approximate surface area is 202 Å². The number of hydrogen-bond donors (Lipinski definition) is 0. The molecular formula is C22H21BrINO4S. The number of rotatable bonds is 8. The van der Waals surface area contributed by atoms with Crippen LogP contribution in [0, 0.1) is 3.57 Å². The first-order valence-electron chi connectivity index (χ1n) is 9.52. The Balaban J connectivity index is 1.87. The van der Waals surface area contributed by atoms with Crippen LogP contribution in [0.3, 0.4) is 0 Å². The molecule has 3 rings (SSSR count). The Morgan fingerprint density at radius 3 is 2.63 bits per heavy atom. The molecule has 0 saturated carbocycles. The average molecular weight is 602 g/mol. The Hall–Kier alpha value is -1.52. The molecule has 1 fully saturated rings. The van der Waals surface area contributed by atoms with E-state index >= 15 is 0 Å². The van der Waals surface area contributed by atoms with Gasteiger partial charge in [0.05, 0.1) is 28.2 Å². The molecule has 1 aliphatic heterocycles. The van der Waals surface area contributed by atoms with Gasteiger partial charge in [-0.2, -0.15) is 0 Å². The summed E-state index contributed by atoms with van der Waals surface area (Å²) in [4.78, 5) is 27.0. The Morgan fingerprint density at radius 2 is 1.93 bits per heavy atom. The SMILES string of the molecule is CCCOc1c(I)cc(/C=C2\SC(=O)N(Cc3ccccc3Br)C2=O)cc1OCC. The van der Waals surface area contributed by atoms with Gasteiger partial charge in [-0.05, 0) is 83.1 Å². The van der Waals surface area contributed by atoms with Gasteiger partial charge >= 0.3 is 0 Å². The molecule has 0 atom stereocenters. The highest BCUT2D eigenvalue weighted by Crippen LogP contribution is 2.38. The van der Waals surface area contributed by atoms with Gasteiger partial charge < -0.3 is 9.47 Å². The quantitative estimate of drug-likeness (QED) is 0.256. The molecule has 0 bridgehead atoms. The van der Waals surface area contributed by atoms with Crippen LogP contribution < -0.4 is 9.47 Å². The van der Waals surface area contributed by atoms with Crippen LogP contribution in [0.15, 0.2) is 45.8 Å². The molecule has 2 amide bonds. The number of hydrogen-bond acceptors (Lipinski definition) is 5. The molecule has 158 valence electrons. The maximum Gasteiger partial charge on any atom is 0.293 e. The van der Waals surface area contributed by atoms with Gasteiger partial charge in [0, 0.05) is 4.47 Å². The standard InChI is InChI=1S/C22H21BrINO4S/c1-3-9-29-20-17(24)10-14(11-18(20)28-4-2)12-19-21(26)25(22(27)30-19)13-15-7-5-6-8-16(15)23/h5-8,10-12H,3-4,9,13H2,1-2H3/b19-12-. The number of thioether (sulfide) groups is 1. The van der Waals surface area contributed by atoms with Crippen molar-refractivity contribution in [1.82, 2.24) is 4.90 Å². The number of carbonyl (C=O) groups excluding carboxylic acids is 2. The van der Waals surface area contributed by atoms with Gasteiger partial charge in [0.15, 0.2) is 11.5 Å². The molecule has 2 aromatic carbocycles. The van der Waals surface area contributed by atoms with Crippen molar-refractivity contribution >= 4 is 67.5 Å². The number of imide groups is 1. The zero-order chi connectivity index (χ0) is 21.7. The minimum Gasteiger partial charge on any atom is -0.490 e. The fourth-order valence-corrected chi connectivity index (χ4v) is 4.89. The molecule has 0 radical (unpaired) electrons. The predicted molar refractivity (Wildman–Crippen MR) is 132 cm³/mol. The third-order valence-corrected chi connectivity index (χ3v) is 6.72. The smallest absolute Gasteiger partial charge is 0.293 e. The van der Waals surface area contributed by atoms with Crippen LogP contribution in [-0.4, -0.2) is 29.3 Å². The van der Waals surface area contributed by atoms with Crippen molar-refractivity contribution in [1.29, 1.82) is 0 Å². The number of carbonyl (C=O) groups is 2. The maximum atomic E-state index is 12.9. The Kier molecular flexibility index (Phi) is 8.24. The third kappa shape index (κ3) is 5.39. The van der Waals surface area contributed by atoms with Gasteiger partial charge in [0.1, 0.15) is 0 Å². The monoisotopic (exact) mass is 601 g/mol. The van der Waals surface area contributed by atoms with Crippen LogP contribution in [-0.2, 0) is 11.3 Å². The van der Waals surface area contributed by atoms with E-state index in [9.17, 15) is 9.59 Å². The highest BCUT2D eigenvalue weighted by atomic mass is 127. The minimum atomic E-state index is -0.292. The lowest BCUT2D eigenvalue weighted by Gasteiger charge is -2.14. The first kappa shape index (κ1) is 23.1. The zero-order valence-electron chi connectivity index (χ0n) is 16.6. The van der Waals surface area contributed by atoms with Crippen molar-refractivity contribution in [2.75, 3.05) is 13.2 Å². The fourth-order valence-electron chi connectivity index (χ4n) is 2.86. The number of ether oxygens (including phenoxy) is 2. The third-order valence-electron chi connectivity index (χ3n) is 4.24. The second kappa shape index (κ2) is 10.7. The van der Waals surface area contributed by atoms with Gasteiger partial charge in [-0.1, -0.05) is 41.1 Å². The first-order valence-corrected chi connectivity index (χ1v) is 12.2. The molecule has 30 heavy (non-hydrogen) atoms. The molecular weight excluding hydrogens is 581 g/mol. The van der Waals surface area contributed by atoms with Crippen LogP contribution in [0.4, 0.5) is 4.79 Å². The summed E-state index contributed by atoms with van der Waals surface area (Å²) in [5.41, 5.74) is 1.67. The molecule has 2 aromatic rings. The molecule has 1 heterocycles. The van der Waals surface area contributed by atoms with Crippen LogP contribution in [0.2, 0.25) is 0 Å². The van der Waals surface area contributed by atoms with E-state index in [0.717, 1.165) is 37.4 Å². The molecule has 0 spiro atoms. The Morgan fingerprint density at radius 1 is 1.17 bits per heavy atom. The fraction of sp³-hybridized carbons (Fsp3) is 0.273. The summed E-state index contributed by atoms with van der Waals surface area (Å²) in [5, 5.41) is -0.273. The van der Waals surface area contributed by atoms with Gasteiger partial charge in [-0.15, -0.1) is 0 Å². The highest BCUT2D eigenvalue weighted by molar-refractivity contribution is 14.1. The van der Waals surface area contributed by atoms with E-state index in [0.29, 0.717) is 29.6 Å². The van der Waals surface area contributed by atoms with Crippen molar-refractivity contribution < 1.29 is 19.1 Å². The van der Waals surface area contributed by atoms with Crippen LogP contribution in [0.1, 0.15) is 31.4 Å². The predicted octanol–water partition coefficient (Wildman–Crippen LogP) is 6.48. The number of benzene rings is 2. The summed E-state index contributed by atoms with van der Waals surface area (Å²) in [7, 11) is 0. The lowest BCUT2D eigenvalue weighted by Crippen LogP contribution is -2.27. The second-order valence-corrected chi connectivity index (χ2v) is 9.48. The van der Waals surface area contributed by atoms with E-state index in [1.807, 2.05) is 50.2 Å². The van der Waals surface area contributed by atoms with E-state index in [-0.39, 0.29) is 17.7 Å². The maximum absolute atomic E-state index is 12.9. The van der Waals surface area contributed by atoms with Crippen molar-refractivity contribution in [3.8, 4) is 11.5 Å². The summed E-state index contributed by atoms with van der Waals surface area (Å²) >= 11 is 6.62. The summed E-state index contributed by atoms with van der Waals surface area (Å²) in [5.74, 6) is 1.05. The summed E-state index contributed by atoms with van der Waals surface area (Å²) in [6.45, 7) is 5.30. The van der Waals surface area contributed by atoms with Crippen molar-refractivity contribution in [3.63, 3.8) is 0 Å². The Bertz CT molecular complexity index is 995. The molecule has 5 nitrogen and oxygen atoms in total. The van der Waals surface area contributed by atoms with Gasteiger partial charge in [-0.3, -0.25) is 14.5 Å². The molecule has 0 aromatic heterocycles. The van der Waals surface area contributed by atoms with Gasteiger partial charge in [0.25, 0.3) is 11.1 Å². The average Bonchev–Trinajstić information content (AvgIpc) is 2.96. The number of amides is 2. The second-order valence-electron chi connectivity index (χ2n) is 6.47. The number of nitrogens with zero attached hydrogens (tertiary/aromatic N) is 1. The van der Waals surface area contributed by atoms with Gasteiger partial charge in [-0.25, -0.2) is 0 Å². The van der Waals surface area contributed by atoms with Crippen LogP contribution >= 0.6 is 50.3 Å². The molecule has 0 unspecified atom stereocenters. The molecule has 0 N–H and O–H groups in total.